The van der Waals surface area contributed by atoms with Crippen LogP contribution in [-0.2, 0) is 4.74 Å². The molecule has 2 bridgehead atoms. The van der Waals surface area contributed by atoms with E-state index >= 15 is 4.39 Å². The van der Waals surface area contributed by atoms with Gasteiger partial charge in [-0.1, -0.05) is 41.9 Å². The fourth-order valence-electron chi connectivity index (χ4n) is 7.19. The SMILES string of the molecule is CN1C[C@H](N)C[C@H]1COc1nc(N2CC3CCC(C2)N3C(=O)OC(C)(C)C)c2cnc(-c3cccc4cccc(Cl)c34)c(F)c2n1. The summed E-state index contributed by atoms with van der Waals surface area (Å²) in [6, 6.07) is 11.3. The van der Waals surface area contributed by atoms with Gasteiger partial charge in [0.05, 0.1) is 17.5 Å². The number of ether oxygens (including phenoxy) is 2. The van der Waals surface area contributed by atoms with Crippen LogP contribution in [0, 0.1) is 5.82 Å². The number of aromatic nitrogens is 3. The lowest BCUT2D eigenvalue weighted by molar-refractivity contribution is 0.0122. The van der Waals surface area contributed by atoms with Crippen LogP contribution >= 0.6 is 11.6 Å². The first kappa shape index (κ1) is 30.8. The Kier molecular flexibility index (Phi) is 7.89. The van der Waals surface area contributed by atoms with Crippen LogP contribution in [0.1, 0.15) is 40.0 Å². The van der Waals surface area contributed by atoms with E-state index in [9.17, 15) is 4.79 Å². The molecule has 3 saturated heterocycles. The first-order valence-corrected chi connectivity index (χ1v) is 16.2. The molecule has 4 atom stereocenters. The molecule has 5 heterocycles. The number of likely N-dealkylation sites (tertiary alicyclic amines) is 1. The maximum atomic E-state index is 16.7. The number of carbonyl (C=O) groups is 1. The van der Waals surface area contributed by atoms with Crippen LogP contribution in [0.4, 0.5) is 15.0 Å². The molecule has 242 valence electrons. The van der Waals surface area contributed by atoms with Crippen LogP contribution in [0.3, 0.4) is 0 Å². The molecule has 0 radical (unpaired) electrons. The maximum Gasteiger partial charge on any atom is 0.410 e. The molecule has 0 saturated carbocycles. The van der Waals surface area contributed by atoms with E-state index in [1.807, 2.05) is 63.1 Å². The fourth-order valence-corrected chi connectivity index (χ4v) is 7.47. The van der Waals surface area contributed by atoms with Gasteiger partial charge in [-0.15, -0.1) is 0 Å². The second-order valence-electron chi connectivity index (χ2n) is 13.7. The largest absolute Gasteiger partial charge is 0.462 e. The molecule has 0 spiro atoms. The van der Waals surface area contributed by atoms with E-state index in [0.29, 0.717) is 41.5 Å². The standard InChI is InChI=1S/C34H39ClFN7O3/c1-34(2,3)46-33(44)43-21-11-12-22(43)17-42(16-21)31-25-14-38-29(24-9-5-7-19-8-6-10-26(35)27(19)24)28(36)30(25)39-32(40-31)45-18-23-13-20(37)15-41(23)4/h5-10,14,20-23H,11-13,15-18,37H2,1-4H3/t20-,21?,22?,23+/m1/s1. The second kappa shape index (κ2) is 11.8. The predicted octanol–water partition coefficient (Wildman–Crippen LogP) is 5.64. The minimum atomic E-state index is -0.588. The number of hydrogen-bond donors (Lipinski definition) is 1. The molecule has 0 aliphatic carbocycles. The maximum absolute atomic E-state index is 16.7. The topological polar surface area (TPSA) is 110 Å². The number of hydrogen-bond acceptors (Lipinski definition) is 9. The first-order chi connectivity index (χ1) is 22.0. The molecule has 3 aliphatic rings. The Labute approximate surface area is 272 Å². The van der Waals surface area contributed by atoms with Crippen LogP contribution in [0.25, 0.3) is 32.9 Å². The number of pyridine rings is 1. The summed E-state index contributed by atoms with van der Waals surface area (Å²) in [5.74, 6) is -0.0418. The number of fused-ring (bicyclic) bond motifs is 4. The normalized spacial score (nSPS) is 23.5. The lowest BCUT2D eigenvalue weighted by Gasteiger charge is -2.42. The van der Waals surface area contributed by atoms with Crippen LogP contribution < -0.4 is 15.4 Å². The Balaban J connectivity index is 1.29. The number of rotatable bonds is 5. The van der Waals surface area contributed by atoms with Gasteiger partial charge in [0.15, 0.2) is 5.82 Å². The summed E-state index contributed by atoms with van der Waals surface area (Å²) in [5, 5.41) is 2.60. The molecule has 4 aromatic rings. The lowest BCUT2D eigenvalue weighted by Crippen LogP contribution is -2.57. The van der Waals surface area contributed by atoms with Gasteiger partial charge in [0.2, 0.25) is 0 Å². The Bertz CT molecular complexity index is 1800. The molecule has 2 aromatic heterocycles. The number of likely N-dealkylation sites (N-methyl/N-ethyl adjacent to an activating group) is 1. The summed E-state index contributed by atoms with van der Waals surface area (Å²) in [4.78, 5) is 33.4. The third-order valence-electron chi connectivity index (χ3n) is 9.26. The van der Waals surface area contributed by atoms with Crippen LogP contribution in [-0.4, -0.2) is 93.9 Å². The van der Waals surface area contributed by atoms with E-state index in [-0.39, 0.29) is 47.5 Å². The molecule has 46 heavy (non-hydrogen) atoms. The molecule has 3 fully saturated rings. The molecule has 2 aromatic carbocycles. The van der Waals surface area contributed by atoms with Gasteiger partial charge in [-0.25, -0.2) is 9.18 Å². The average molecular weight is 648 g/mol. The van der Waals surface area contributed by atoms with E-state index in [4.69, 9.17) is 31.8 Å². The first-order valence-electron chi connectivity index (χ1n) is 15.9. The van der Waals surface area contributed by atoms with E-state index in [2.05, 4.69) is 19.8 Å². The zero-order valence-electron chi connectivity index (χ0n) is 26.5. The Morgan fingerprint density at radius 1 is 1.09 bits per heavy atom. The number of anilines is 1. The number of nitrogens with zero attached hydrogens (tertiary/aromatic N) is 6. The number of piperazine rings is 1. The zero-order valence-corrected chi connectivity index (χ0v) is 27.3. The van der Waals surface area contributed by atoms with Crippen LogP contribution in [0.15, 0.2) is 42.6 Å². The Morgan fingerprint density at radius 3 is 2.48 bits per heavy atom. The minimum absolute atomic E-state index is 0.0634. The molecule has 2 N–H and O–H groups in total. The van der Waals surface area contributed by atoms with E-state index in [0.717, 1.165) is 36.6 Å². The van der Waals surface area contributed by atoms with Gasteiger partial charge >= 0.3 is 12.1 Å². The number of carbonyl (C=O) groups excluding carboxylic acids is 1. The quantitative estimate of drug-likeness (QED) is 0.294. The second-order valence-corrected chi connectivity index (χ2v) is 14.1. The monoisotopic (exact) mass is 647 g/mol. The molecule has 10 nitrogen and oxygen atoms in total. The van der Waals surface area contributed by atoms with E-state index < -0.39 is 11.4 Å². The summed E-state index contributed by atoms with van der Waals surface area (Å²) in [7, 11) is 2.01. The highest BCUT2D eigenvalue weighted by atomic mass is 35.5. The van der Waals surface area contributed by atoms with Gasteiger partial charge in [-0.2, -0.15) is 9.97 Å². The predicted molar refractivity (Wildman–Crippen MR) is 177 cm³/mol. The Hall–Kier alpha value is -3.80. The van der Waals surface area contributed by atoms with E-state index in [1.54, 1.807) is 12.3 Å². The highest BCUT2D eigenvalue weighted by Gasteiger charge is 2.45. The van der Waals surface area contributed by atoms with Gasteiger partial charge in [-0.3, -0.25) is 14.8 Å². The van der Waals surface area contributed by atoms with Crippen molar-refractivity contribution in [3.05, 3.63) is 53.4 Å². The van der Waals surface area contributed by atoms with Crippen LogP contribution in [0.2, 0.25) is 5.02 Å². The highest BCUT2D eigenvalue weighted by molar-refractivity contribution is 6.36. The number of benzene rings is 2. The van der Waals surface area contributed by atoms with Crippen molar-refractivity contribution in [1.82, 2.24) is 24.8 Å². The minimum Gasteiger partial charge on any atom is -0.462 e. The summed E-state index contributed by atoms with van der Waals surface area (Å²) in [6.45, 7) is 7.75. The molecule has 3 aliphatic heterocycles. The summed E-state index contributed by atoms with van der Waals surface area (Å²) >= 11 is 6.61. The molecular formula is C34H39ClFN7O3. The average Bonchev–Trinajstić information content (AvgIpc) is 3.47. The van der Waals surface area contributed by atoms with Crippen molar-refractivity contribution >= 4 is 45.2 Å². The van der Waals surface area contributed by atoms with Gasteiger partial charge in [-0.05, 0) is 58.5 Å². The van der Waals surface area contributed by atoms with Crippen molar-refractivity contribution in [2.75, 3.05) is 38.2 Å². The molecule has 12 heteroatoms. The summed E-state index contributed by atoms with van der Waals surface area (Å²) in [5.41, 5.74) is 6.44. The smallest absolute Gasteiger partial charge is 0.410 e. The number of halogens is 2. The Morgan fingerprint density at radius 2 is 1.80 bits per heavy atom. The molecule has 7 rings (SSSR count). The van der Waals surface area contributed by atoms with Crippen molar-refractivity contribution in [1.29, 1.82) is 0 Å². The van der Waals surface area contributed by atoms with Gasteiger partial charge in [0.25, 0.3) is 0 Å². The third kappa shape index (κ3) is 5.69. The fraction of sp³-hybridized carbons (Fsp3) is 0.471. The van der Waals surface area contributed by atoms with Crippen molar-refractivity contribution in [2.24, 2.45) is 5.73 Å². The third-order valence-corrected chi connectivity index (χ3v) is 9.58. The molecule has 1 amide bonds. The number of nitrogens with two attached hydrogens (primary N) is 1. The summed E-state index contributed by atoms with van der Waals surface area (Å²) < 4.78 is 28.6. The highest BCUT2D eigenvalue weighted by Crippen LogP contribution is 2.39. The van der Waals surface area contributed by atoms with Crippen molar-refractivity contribution in [2.45, 2.75) is 69.8 Å². The lowest BCUT2D eigenvalue weighted by atomic mass is 10.0. The van der Waals surface area contributed by atoms with Crippen LogP contribution in [0.5, 0.6) is 6.01 Å². The zero-order chi connectivity index (χ0) is 32.3. The molecule has 2 unspecified atom stereocenters. The van der Waals surface area contributed by atoms with Crippen molar-refractivity contribution in [3.63, 3.8) is 0 Å². The molecular weight excluding hydrogens is 609 g/mol. The summed E-state index contributed by atoms with van der Waals surface area (Å²) in [6.07, 6.45) is 3.81. The van der Waals surface area contributed by atoms with E-state index in [1.165, 1.54) is 0 Å². The van der Waals surface area contributed by atoms with Crippen molar-refractivity contribution in [3.8, 4) is 17.3 Å². The van der Waals surface area contributed by atoms with Gasteiger partial charge in [0, 0.05) is 53.9 Å². The van der Waals surface area contributed by atoms with Gasteiger partial charge < -0.3 is 20.1 Å². The number of amides is 1. The van der Waals surface area contributed by atoms with Gasteiger partial charge in [0.1, 0.15) is 29.2 Å². The van der Waals surface area contributed by atoms with Crippen molar-refractivity contribution < 1.29 is 18.7 Å².